The zero-order chi connectivity index (χ0) is 24.6. The van der Waals surface area contributed by atoms with E-state index < -0.39 is 10.0 Å². The molecule has 4 nitrogen and oxygen atoms in total. The summed E-state index contributed by atoms with van der Waals surface area (Å²) in [5.74, 6) is 0. The summed E-state index contributed by atoms with van der Waals surface area (Å²) in [6.45, 7) is 12.7. The Morgan fingerprint density at radius 2 is 1.32 bits per heavy atom. The minimum atomic E-state index is -3.62. The van der Waals surface area contributed by atoms with Crippen molar-refractivity contribution in [3.05, 3.63) is 77.4 Å². The van der Waals surface area contributed by atoms with Crippen molar-refractivity contribution >= 4 is 20.8 Å². The van der Waals surface area contributed by atoms with E-state index in [0.29, 0.717) is 18.0 Å². The number of aryl methyl sites for hydroxylation is 2. The van der Waals surface area contributed by atoms with Gasteiger partial charge < -0.3 is 4.90 Å². The highest BCUT2D eigenvalue weighted by Crippen LogP contribution is 2.24. The van der Waals surface area contributed by atoms with Crippen LogP contribution in [0.4, 0.5) is 0 Å². The number of hydrogen-bond acceptors (Lipinski definition) is 3. The fraction of sp³-hybridized carbons (Fsp3) is 0.448. The van der Waals surface area contributed by atoms with E-state index in [1.165, 1.54) is 0 Å². The molecule has 0 saturated carbocycles. The fourth-order valence-corrected chi connectivity index (χ4v) is 6.22. The average Bonchev–Trinajstić information content (AvgIpc) is 2.80. The molecule has 0 aliphatic rings. The van der Waals surface area contributed by atoms with E-state index in [1.54, 1.807) is 10.4 Å². The van der Waals surface area contributed by atoms with Gasteiger partial charge >= 0.3 is 0 Å². The SMILES string of the molecule is CCCN(CCC)CCCCN(Cc1cc(C)cc(C)c1)S(=O)(=O)c1ccc2ccccc2c1. The molecule has 3 aromatic carbocycles. The molecule has 0 aromatic heterocycles. The molecule has 3 rings (SSSR count). The molecule has 0 aliphatic heterocycles. The van der Waals surface area contributed by atoms with Crippen LogP contribution in [0, 0.1) is 13.8 Å². The Hall–Kier alpha value is -2.21. The first-order valence-corrected chi connectivity index (χ1v) is 14.1. The van der Waals surface area contributed by atoms with Crippen LogP contribution in [0.15, 0.2) is 65.6 Å². The second-order valence-corrected chi connectivity index (χ2v) is 11.3. The third-order valence-electron chi connectivity index (χ3n) is 6.21. The third kappa shape index (κ3) is 7.14. The van der Waals surface area contributed by atoms with Crippen LogP contribution in [0.3, 0.4) is 0 Å². The lowest BCUT2D eigenvalue weighted by molar-refractivity contribution is 0.264. The van der Waals surface area contributed by atoms with E-state index in [4.69, 9.17) is 0 Å². The van der Waals surface area contributed by atoms with Gasteiger partial charge in [-0.2, -0.15) is 4.31 Å². The predicted octanol–water partition coefficient (Wildman–Crippen LogP) is 6.55. The molecule has 184 valence electrons. The van der Waals surface area contributed by atoms with Gasteiger partial charge in [-0.1, -0.05) is 73.5 Å². The monoisotopic (exact) mass is 480 g/mol. The largest absolute Gasteiger partial charge is 0.303 e. The number of nitrogens with zero attached hydrogens (tertiary/aromatic N) is 2. The van der Waals surface area contributed by atoms with Gasteiger partial charge in [-0.05, 0) is 87.6 Å². The predicted molar refractivity (Wildman–Crippen MR) is 144 cm³/mol. The molecule has 0 N–H and O–H groups in total. The van der Waals surface area contributed by atoms with E-state index in [1.807, 2.05) is 36.4 Å². The molecule has 0 atom stereocenters. The maximum absolute atomic E-state index is 13.8. The summed E-state index contributed by atoms with van der Waals surface area (Å²) >= 11 is 0. The van der Waals surface area contributed by atoms with Crippen molar-refractivity contribution in [1.29, 1.82) is 0 Å². The Morgan fingerprint density at radius 3 is 1.97 bits per heavy atom. The van der Waals surface area contributed by atoms with Crippen LogP contribution in [-0.4, -0.2) is 43.8 Å². The van der Waals surface area contributed by atoms with Gasteiger partial charge in [-0.3, -0.25) is 0 Å². The van der Waals surface area contributed by atoms with Crippen LogP contribution in [0.1, 0.15) is 56.2 Å². The molecule has 0 amide bonds. The number of hydrogen-bond donors (Lipinski definition) is 0. The van der Waals surface area contributed by atoms with Gasteiger partial charge in [-0.25, -0.2) is 8.42 Å². The highest BCUT2D eigenvalue weighted by atomic mass is 32.2. The number of benzene rings is 3. The Labute approximate surface area is 206 Å². The molecule has 0 spiro atoms. The van der Waals surface area contributed by atoms with Crippen LogP contribution < -0.4 is 0 Å². The summed E-state index contributed by atoms with van der Waals surface area (Å²) < 4.78 is 29.3. The van der Waals surface area contributed by atoms with E-state index in [2.05, 4.69) is 50.8 Å². The third-order valence-corrected chi connectivity index (χ3v) is 8.05. The van der Waals surface area contributed by atoms with Crippen molar-refractivity contribution < 1.29 is 8.42 Å². The Balaban J connectivity index is 1.82. The van der Waals surface area contributed by atoms with Crippen molar-refractivity contribution in [1.82, 2.24) is 9.21 Å². The average molecular weight is 481 g/mol. The molecular weight excluding hydrogens is 440 g/mol. The van der Waals surface area contributed by atoms with Crippen LogP contribution >= 0.6 is 0 Å². The molecule has 0 aliphatic carbocycles. The second kappa shape index (κ2) is 12.5. The maximum Gasteiger partial charge on any atom is 0.243 e. The van der Waals surface area contributed by atoms with Crippen molar-refractivity contribution in [2.75, 3.05) is 26.2 Å². The maximum atomic E-state index is 13.8. The van der Waals surface area contributed by atoms with Gasteiger partial charge in [0.15, 0.2) is 0 Å². The zero-order valence-corrected chi connectivity index (χ0v) is 22.1. The highest BCUT2D eigenvalue weighted by Gasteiger charge is 2.25. The van der Waals surface area contributed by atoms with Crippen molar-refractivity contribution in [3.63, 3.8) is 0 Å². The van der Waals surface area contributed by atoms with E-state index in [-0.39, 0.29) is 0 Å². The topological polar surface area (TPSA) is 40.6 Å². The van der Waals surface area contributed by atoms with Gasteiger partial charge in [0, 0.05) is 13.1 Å². The summed E-state index contributed by atoms with van der Waals surface area (Å²) in [6, 6.07) is 19.7. The van der Waals surface area contributed by atoms with E-state index in [0.717, 1.165) is 72.8 Å². The standard InChI is InChI=1S/C29H40N2O2S/c1-5-15-30(16-6-2)17-9-10-18-31(23-26-20-24(3)19-25(4)21-26)34(32,33)29-14-13-27-11-7-8-12-28(27)22-29/h7-8,11-14,19-22H,5-6,9-10,15-18,23H2,1-4H3. The second-order valence-electron chi connectivity index (χ2n) is 9.39. The van der Waals surface area contributed by atoms with Gasteiger partial charge in [0.2, 0.25) is 10.0 Å². The van der Waals surface area contributed by atoms with Gasteiger partial charge in [0.25, 0.3) is 0 Å². The summed E-state index contributed by atoms with van der Waals surface area (Å²) in [5.41, 5.74) is 3.36. The van der Waals surface area contributed by atoms with Crippen LogP contribution in [0.2, 0.25) is 0 Å². The Morgan fingerprint density at radius 1 is 0.706 bits per heavy atom. The lowest BCUT2D eigenvalue weighted by Gasteiger charge is -2.24. The number of fused-ring (bicyclic) bond motifs is 1. The minimum Gasteiger partial charge on any atom is -0.303 e. The molecule has 0 saturated heterocycles. The molecule has 0 heterocycles. The first-order chi connectivity index (χ1) is 16.3. The Kier molecular flexibility index (Phi) is 9.69. The lowest BCUT2D eigenvalue weighted by Crippen LogP contribution is -2.32. The number of sulfonamides is 1. The highest BCUT2D eigenvalue weighted by molar-refractivity contribution is 7.89. The smallest absolute Gasteiger partial charge is 0.243 e. The summed E-state index contributed by atoms with van der Waals surface area (Å²) in [4.78, 5) is 2.86. The van der Waals surface area contributed by atoms with Crippen molar-refractivity contribution in [3.8, 4) is 0 Å². The molecule has 0 unspecified atom stereocenters. The lowest BCUT2D eigenvalue weighted by atomic mass is 10.1. The van der Waals surface area contributed by atoms with Gasteiger partial charge in [0.1, 0.15) is 0 Å². The molecule has 34 heavy (non-hydrogen) atoms. The molecule has 3 aromatic rings. The molecule has 0 bridgehead atoms. The molecular formula is C29H40N2O2S. The van der Waals surface area contributed by atoms with E-state index >= 15 is 0 Å². The Bertz CT molecular complexity index is 1150. The van der Waals surface area contributed by atoms with Gasteiger partial charge in [0.05, 0.1) is 4.90 Å². The van der Waals surface area contributed by atoms with E-state index in [9.17, 15) is 8.42 Å². The molecule has 5 heteroatoms. The first kappa shape index (κ1) is 26.4. The summed E-state index contributed by atoms with van der Waals surface area (Å²) in [6.07, 6.45) is 4.14. The summed E-state index contributed by atoms with van der Waals surface area (Å²) in [7, 11) is -3.62. The first-order valence-electron chi connectivity index (χ1n) is 12.6. The fourth-order valence-electron chi connectivity index (χ4n) is 4.72. The van der Waals surface area contributed by atoms with Crippen LogP contribution in [0.5, 0.6) is 0 Å². The number of unbranched alkanes of at least 4 members (excludes halogenated alkanes) is 1. The zero-order valence-electron chi connectivity index (χ0n) is 21.3. The number of rotatable bonds is 13. The van der Waals surface area contributed by atoms with Crippen molar-refractivity contribution in [2.24, 2.45) is 0 Å². The van der Waals surface area contributed by atoms with Crippen LogP contribution in [-0.2, 0) is 16.6 Å². The van der Waals surface area contributed by atoms with Crippen LogP contribution in [0.25, 0.3) is 10.8 Å². The normalized spacial score (nSPS) is 12.2. The molecule has 0 fully saturated rings. The molecule has 0 radical (unpaired) electrons. The van der Waals surface area contributed by atoms with Crippen molar-refractivity contribution in [2.45, 2.75) is 64.8 Å². The summed E-state index contributed by atoms with van der Waals surface area (Å²) in [5, 5.41) is 2.00. The quantitative estimate of drug-likeness (QED) is 0.260. The van der Waals surface area contributed by atoms with Gasteiger partial charge in [-0.15, -0.1) is 0 Å². The minimum absolute atomic E-state index is 0.370.